The molecule has 33 heavy (non-hydrogen) atoms. The van der Waals surface area contributed by atoms with Crippen molar-refractivity contribution in [3.05, 3.63) is 83.2 Å². The Labute approximate surface area is 195 Å². The normalized spacial score (nSPS) is 12.3. The molecule has 1 N–H and O–H groups in total. The summed E-state index contributed by atoms with van der Waals surface area (Å²) in [4.78, 5) is 27.6. The Bertz CT molecular complexity index is 1350. The van der Waals surface area contributed by atoms with Crippen LogP contribution in [-0.4, -0.2) is 56.4 Å². The summed E-state index contributed by atoms with van der Waals surface area (Å²) in [5.41, 5.74) is 1.71. The van der Waals surface area contributed by atoms with E-state index < -0.39 is 0 Å². The third-order valence-electron chi connectivity index (χ3n) is 5.42. The molecule has 0 bridgehead atoms. The van der Waals surface area contributed by atoms with Crippen LogP contribution in [0.25, 0.3) is 16.7 Å². The molecule has 170 valence electrons. The molecule has 2 aromatic carbocycles. The molecule has 0 fully saturated rings. The Kier molecular flexibility index (Phi) is 6.90. The summed E-state index contributed by atoms with van der Waals surface area (Å²) < 4.78 is 3.36. The second-order valence-electron chi connectivity index (χ2n) is 7.82. The van der Waals surface area contributed by atoms with E-state index in [4.69, 9.17) is 0 Å². The number of likely N-dealkylation sites (N-methyl/N-ethyl adjacent to an activating group) is 1. The van der Waals surface area contributed by atoms with Crippen LogP contribution in [0.1, 0.15) is 11.6 Å². The van der Waals surface area contributed by atoms with E-state index in [1.807, 2.05) is 54.9 Å². The summed E-state index contributed by atoms with van der Waals surface area (Å²) in [5, 5.41) is 12.6. The number of carbonyl (C=O) groups excluding carboxylic acids is 1. The van der Waals surface area contributed by atoms with Crippen molar-refractivity contribution in [2.24, 2.45) is 0 Å². The minimum absolute atomic E-state index is 0.0753. The molecule has 1 amide bonds. The van der Waals surface area contributed by atoms with E-state index in [2.05, 4.69) is 39.1 Å². The van der Waals surface area contributed by atoms with Crippen LogP contribution in [0.5, 0.6) is 0 Å². The number of nitrogens with zero attached hydrogens (tertiary/aromatic N) is 5. The molecule has 2 heterocycles. The molecule has 0 saturated carbocycles. The van der Waals surface area contributed by atoms with Gasteiger partial charge in [-0.25, -0.2) is 0 Å². The van der Waals surface area contributed by atoms with E-state index in [0.717, 1.165) is 5.56 Å². The van der Waals surface area contributed by atoms with Crippen LogP contribution < -0.4 is 10.9 Å². The average molecular weight is 463 g/mol. The lowest BCUT2D eigenvalue weighted by atomic mass is 10.1. The van der Waals surface area contributed by atoms with Gasteiger partial charge in [-0.3, -0.25) is 18.6 Å². The zero-order valence-electron chi connectivity index (χ0n) is 18.6. The summed E-state index contributed by atoms with van der Waals surface area (Å²) in [6.07, 6.45) is 1.65. The zero-order chi connectivity index (χ0) is 23.4. The van der Waals surface area contributed by atoms with Gasteiger partial charge in [0.15, 0.2) is 5.16 Å². The Morgan fingerprint density at radius 1 is 1.15 bits per heavy atom. The maximum atomic E-state index is 12.9. The van der Waals surface area contributed by atoms with Gasteiger partial charge >= 0.3 is 0 Å². The first-order chi connectivity index (χ1) is 16.0. The number of amides is 1. The number of benzene rings is 2. The topological polar surface area (TPSA) is 84.5 Å². The predicted octanol–water partition coefficient (Wildman–Crippen LogP) is 2.74. The van der Waals surface area contributed by atoms with Crippen LogP contribution in [0.3, 0.4) is 0 Å². The van der Waals surface area contributed by atoms with E-state index in [9.17, 15) is 9.59 Å². The summed E-state index contributed by atoms with van der Waals surface area (Å²) in [6, 6.07) is 17.5. The van der Waals surface area contributed by atoms with Gasteiger partial charge < -0.3 is 10.2 Å². The summed E-state index contributed by atoms with van der Waals surface area (Å²) in [6.45, 7) is 4.56. The van der Waals surface area contributed by atoms with E-state index >= 15 is 0 Å². The Balaban J connectivity index is 1.53. The highest BCUT2D eigenvalue weighted by Crippen LogP contribution is 2.22. The van der Waals surface area contributed by atoms with Gasteiger partial charge in [0, 0.05) is 13.1 Å². The molecule has 0 aliphatic rings. The molecule has 0 aliphatic heterocycles. The summed E-state index contributed by atoms with van der Waals surface area (Å²) in [7, 11) is 3.99. The number of allylic oxidation sites excluding steroid dienone is 1. The average Bonchev–Trinajstić information content (AvgIpc) is 3.25. The SMILES string of the molecule is C=CCn1c(=O)c2ccccc2n2c(SCC(=O)NC[C@H](c3ccccc3)N(C)C)nnc12. The second-order valence-corrected chi connectivity index (χ2v) is 8.76. The monoisotopic (exact) mass is 462 g/mol. The zero-order valence-corrected chi connectivity index (χ0v) is 19.5. The van der Waals surface area contributed by atoms with Crippen molar-refractivity contribution >= 4 is 34.3 Å². The third-order valence-corrected chi connectivity index (χ3v) is 6.35. The summed E-state index contributed by atoms with van der Waals surface area (Å²) in [5.74, 6) is 0.520. The fraction of sp³-hybridized carbons (Fsp3) is 0.250. The van der Waals surface area contributed by atoms with Crippen molar-refractivity contribution in [2.45, 2.75) is 17.7 Å². The van der Waals surface area contributed by atoms with E-state index in [1.165, 1.54) is 16.3 Å². The van der Waals surface area contributed by atoms with Crippen molar-refractivity contribution in [1.82, 2.24) is 29.4 Å². The molecule has 1 atom stereocenters. The Morgan fingerprint density at radius 3 is 2.61 bits per heavy atom. The number of carbonyl (C=O) groups is 1. The molecule has 0 spiro atoms. The first-order valence-corrected chi connectivity index (χ1v) is 11.6. The number of aromatic nitrogens is 4. The van der Waals surface area contributed by atoms with Crippen LogP contribution in [0.15, 0.2) is 77.2 Å². The van der Waals surface area contributed by atoms with Gasteiger partial charge in [0.2, 0.25) is 11.7 Å². The third kappa shape index (κ3) is 4.69. The quantitative estimate of drug-likeness (QED) is 0.304. The van der Waals surface area contributed by atoms with Gasteiger partial charge in [-0.05, 0) is 31.8 Å². The van der Waals surface area contributed by atoms with Crippen molar-refractivity contribution < 1.29 is 4.79 Å². The van der Waals surface area contributed by atoms with Crippen molar-refractivity contribution in [1.29, 1.82) is 0 Å². The van der Waals surface area contributed by atoms with Crippen molar-refractivity contribution in [3.63, 3.8) is 0 Å². The van der Waals surface area contributed by atoms with E-state index in [-0.39, 0.29) is 23.3 Å². The van der Waals surface area contributed by atoms with Gasteiger partial charge in [0.05, 0.1) is 22.7 Å². The molecular formula is C24H26N6O2S. The lowest BCUT2D eigenvalue weighted by molar-refractivity contribution is -0.118. The van der Waals surface area contributed by atoms with Crippen LogP contribution in [0.2, 0.25) is 0 Å². The fourth-order valence-electron chi connectivity index (χ4n) is 3.79. The van der Waals surface area contributed by atoms with Gasteiger partial charge in [-0.1, -0.05) is 60.3 Å². The molecule has 0 aliphatic carbocycles. The molecule has 8 nitrogen and oxygen atoms in total. The number of para-hydroxylation sites is 1. The van der Waals surface area contributed by atoms with Gasteiger partial charge in [0.1, 0.15) is 0 Å². The number of nitrogens with one attached hydrogen (secondary N) is 1. The van der Waals surface area contributed by atoms with Crippen LogP contribution in [0.4, 0.5) is 0 Å². The van der Waals surface area contributed by atoms with Gasteiger partial charge in [-0.2, -0.15) is 0 Å². The smallest absolute Gasteiger partial charge is 0.263 e. The molecule has 0 radical (unpaired) electrons. The molecule has 0 unspecified atom stereocenters. The number of hydrogen-bond acceptors (Lipinski definition) is 6. The van der Waals surface area contributed by atoms with Gasteiger partial charge in [-0.15, -0.1) is 16.8 Å². The van der Waals surface area contributed by atoms with Gasteiger partial charge in [0.25, 0.3) is 5.56 Å². The standard InChI is InChI=1S/C24H26N6O2S/c1-4-14-29-22(32)18-12-8-9-13-19(18)30-23(29)26-27-24(30)33-16-21(31)25-15-20(28(2)3)17-10-6-5-7-11-17/h4-13,20H,1,14-16H2,2-3H3,(H,25,31)/t20-/m1/s1. The second kappa shape index (κ2) is 10.0. The molecule has 4 aromatic rings. The Hall–Kier alpha value is -3.43. The van der Waals surface area contributed by atoms with Crippen LogP contribution in [-0.2, 0) is 11.3 Å². The largest absolute Gasteiger partial charge is 0.353 e. The highest BCUT2D eigenvalue weighted by molar-refractivity contribution is 7.99. The van der Waals surface area contributed by atoms with Crippen molar-refractivity contribution in [2.75, 3.05) is 26.4 Å². The minimum atomic E-state index is -0.143. The molecule has 2 aromatic heterocycles. The molecule has 0 saturated heterocycles. The lowest BCUT2D eigenvalue weighted by Gasteiger charge is -2.25. The number of thioether (sulfide) groups is 1. The van der Waals surface area contributed by atoms with E-state index in [0.29, 0.717) is 34.9 Å². The molecular weight excluding hydrogens is 436 g/mol. The molecule has 9 heteroatoms. The minimum Gasteiger partial charge on any atom is -0.353 e. The fourth-order valence-corrected chi connectivity index (χ4v) is 4.56. The summed E-state index contributed by atoms with van der Waals surface area (Å²) >= 11 is 1.29. The number of fused-ring (bicyclic) bond motifs is 3. The Morgan fingerprint density at radius 2 is 1.88 bits per heavy atom. The first kappa shape index (κ1) is 22.8. The maximum Gasteiger partial charge on any atom is 0.263 e. The highest BCUT2D eigenvalue weighted by atomic mass is 32.2. The van der Waals surface area contributed by atoms with Crippen molar-refractivity contribution in [3.8, 4) is 0 Å². The lowest BCUT2D eigenvalue weighted by Crippen LogP contribution is -2.35. The number of hydrogen-bond donors (Lipinski definition) is 1. The van der Waals surface area contributed by atoms with E-state index in [1.54, 1.807) is 12.1 Å². The van der Waals surface area contributed by atoms with Crippen LogP contribution >= 0.6 is 11.8 Å². The molecule has 4 rings (SSSR count). The van der Waals surface area contributed by atoms with Crippen LogP contribution in [0, 0.1) is 0 Å². The first-order valence-electron chi connectivity index (χ1n) is 10.6. The number of rotatable bonds is 9. The highest BCUT2D eigenvalue weighted by Gasteiger charge is 2.18. The maximum absolute atomic E-state index is 12.9. The predicted molar refractivity (Wildman–Crippen MR) is 132 cm³/mol.